The van der Waals surface area contributed by atoms with E-state index in [0.717, 1.165) is 44.1 Å². The maximum atomic E-state index is 5.33. The van der Waals surface area contributed by atoms with Crippen molar-refractivity contribution < 1.29 is 0 Å². The van der Waals surface area contributed by atoms with E-state index in [1.54, 1.807) is 0 Å². The Bertz CT molecular complexity index is 3240. The second-order valence-corrected chi connectivity index (χ2v) is 13.6. The molecule has 0 radical (unpaired) electrons. The van der Waals surface area contributed by atoms with Crippen LogP contribution in [0.5, 0.6) is 0 Å². The van der Waals surface area contributed by atoms with Crippen LogP contribution in [0.15, 0.2) is 176 Å². The van der Waals surface area contributed by atoms with Crippen LogP contribution in [0, 0.1) is 0 Å². The summed E-state index contributed by atoms with van der Waals surface area (Å²) in [5, 5.41) is 13.3. The Morgan fingerprint density at radius 3 is 1.71 bits per heavy atom. The van der Waals surface area contributed by atoms with E-state index in [1.165, 1.54) is 65.2 Å². The molecule has 3 nitrogen and oxygen atoms in total. The highest BCUT2D eigenvalue weighted by molar-refractivity contribution is 6.33. The monoisotopic (exact) mass is 659 g/mol. The van der Waals surface area contributed by atoms with Gasteiger partial charge in [-0.2, -0.15) is 0 Å². The van der Waals surface area contributed by atoms with E-state index in [-0.39, 0.29) is 0 Å². The molecule has 3 heterocycles. The number of hydrogen-bond donors (Lipinski definition) is 0. The molecular formula is C49H29N3. The topological polar surface area (TPSA) is 38.7 Å². The highest BCUT2D eigenvalue weighted by Crippen LogP contribution is 2.43. The summed E-state index contributed by atoms with van der Waals surface area (Å²) in [5.41, 5.74) is 9.69. The third kappa shape index (κ3) is 4.36. The molecule has 0 aliphatic carbocycles. The Labute approximate surface area is 299 Å². The lowest BCUT2D eigenvalue weighted by Gasteiger charge is -2.16. The van der Waals surface area contributed by atoms with Crippen LogP contribution in [0.2, 0.25) is 0 Å². The van der Waals surface area contributed by atoms with Crippen molar-refractivity contribution in [3.63, 3.8) is 0 Å². The van der Waals surface area contributed by atoms with Gasteiger partial charge in [-0.25, -0.2) is 4.98 Å². The Kier molecular flexibility index (Phi) is 6.25. The van der Waals surface area contributed by atoms with Gasteiger partial charge in [-0.15, -0.1) is 0 Å². The number of rotatable bonds is 3. The third-order valence-electron chi connectivity index (χ3n) is 10.7. The Morgan fingerprint density at radius 1 is 0.327 bits per heavy atom. The van der Waals surface area contributed by atoms with Crippen molar-refractivity contribution in [2.75, 3.05) is 0 Å². The van der Waals surface area contributed by atoms with Crippen LogP contribution in [0.25, 0.3) is 109 Å². The van der Waals surface area contributed by atoms with Crippen molar-refractivity contribution in [1.29, 1.82) is 0 Å². The van der Waals surface area contributed by atoms with Crippen molar-refractivity contribution in [2.45, 2.75) is 0 Å². The molecular weight excluding hydrogens is 631 g/mol. The lowest BCUT2D eigenvalue weighted by molar-refractivity contribution is 1.37. The average molecular weight is 660 g/mol. The van der Waals surface area contributed by atoms with Gasteiger partial charge in [0.25, 0.3) is 0 Å². The van der Waals surface area contributed by atoms with Gasteiger partial charge in [-0.1, -0.05) is 133 Å². The predicted molar refractivity (Wildman–Crippen MR) is 219 cm³/mol. The lowest BCUT2D eigenvalue weighted by atomic mass is 9.89. The van der Waals surface area contributed by atoms with Gasteiger partial charge < -0.3 is 0 Å². The Morgan fingerprint density at radius 2 is 0.923 bits per heavy atom. The zero-order valence-corrected chi connectivity index (χ0v) is 28.1. The highest BCUT2D eigenvalue weighted by Gasteiger charge is 2.17. The predicted octanol–water partition coefficient (Wildman–Crippen LogP) is 12.9. The van der Waals surface area contributed by atoms with Gasteiger partial charge in [0, 0.05) is 44.9 Å². The molecule has 8 aromatic carbocycles. The zero-order chi connectivity index (χ0) is 34.2. The number of aromatic nitrogens is 3. The molecule has 0 aliphatic heterocycles. The van der Waals surface area contributed by atoms with Gasteiger partial charge >= 0.3 is 0 Å². The molecule has 0 saturated heterocycles. The van der Waals surface area contributed by atoms with Gasteiger partial charge in [0.05, 0.1) is 22.2 Å². The molecule has 0 N–H and O–H groups in total. The zero-order valence-electron chi connectivity index (χ0n) is 28.1. The summed E-state index contributed by atoms with van der Waals surface area (Å²) in [4.78, 5) is 14.7. The first-order valence-electron chi connectivity index (χ1n) is 17.7. The van der Waals surface area contributed by atoms with E-state index in [9.17, 15) is 0 Å². The van der Waals surface area contributed by atoms with Gasteiger partial charge in [-0.3, -0.25) is 9.97 Å². The molecule has 11 aromatic rings. The SMILES string of the molecule is c1cnc2c(c1)ccc1c(-c3ccc4cc(-c5ccc(-c6nc7ccccc7c7c8ccccc8c8ccccc8c67)cc5)ccc4c3)ccnc12. The summed E-state index contributed by atoms with van der Waals surface area (Å²) in [7, 11) is 0. The Balaban J connectivity index is 1.01. The van der Waals surface area contributed by atoms with E-state index in [0.29, 0.717) is 0 Å². The lowest BCUT2D eigenvalue weighted by Crippen LogP contribution is -1.93. The summed E-state index contributed by atoms with van der Waals surface area (Å²) in [5.74, 6) is 0. The molecule has 3 aromatic heterocycles. The van der Waals surface area contributed by atoms with E-state index >= 15 is 0 Å². The molecule has 0 spiro atoms. The fourth-order valence-electron chi connectivity index (χ4n) is 8.25. The molecule has 0 unspecified atom stereocenters. The third-order valence-corrected chi connectivity index (χ3v) is 10.7. The molecule has 0 atom stereocenters. The first-order valence-corrected chi connectivity index (χ1v) is 17.7. The number of pyridine rings is 3. The largest absolute Gasteiger partial charge is 0.254 e. The molecule has 240 valence electrons. The molecule has 11 rings (SSSR count). The van der Waals surface area contributed by atoms with Crippen molar-refractivity contribution in [2.24, 2.45) is 0 Å². The van der Waals surface area contributed by atoms with Crippen LogP contribution in [-0.2, 0) is 0 Å². The summed E-state index contributed by atoms with van der Waals surface area (Å²) >= 11 is 0. The Hall–Kier alpha value is -6.97. The number of fused-ring (bicyclic) bond motifs is 12. The molecule has 0 aliphatic rings. The van der Waals surface area contributed by atoms with Crippen LogP contribution in [0.4, 0.5) is 0 Å². The van der Waals surface area contributed by atoms with Crippen LogP contribution in [-0.4, -0.2) is 15.0 Å². The molecule has 0 saturated carbocycles. The van der Waals surface area contributed by atoms with Gasteiger partial charge in [-0.05, 0) is 84.9 Å². The summed E-state index contributed by atoms with van der Waals surface area (Å²) in [6, 6.07) is 59.0. The number of nitrogens with zero attached hydrogens (tertiary/aromatic N) is 3. The second kappa shape index (κ2) is 11.3. The van der Waals surface area contributed by atoms with E-state index < -0.39 is 0 Å². The van der Waals surface area contributed by atoms with Crippen molar-refractivity contribution in [3.8, 4) is 33.5 Å². The van der Waals surface area contributed by atoms with E-state index in [1.807, 2.05) is 18.5 Å². The minimum atomic E-state index is 0.933. The summed E-state index contributed by atoms with van der Waals surface area (Å²) in [6.07, 6.45) is 3.73. The van der Waals surface area contributed by atoms with Gasteiger partial charge in [0.2, 0.25) is 0 Å². The summed E-state index contributed by atoms with van der Waals surface area (Å²) in [6.45, 7) is 0. The van der Waals surface area contributed by atoms with Crippen molar-refractivity contribution >= 4 is 75.8 Å². The highest BCUT2D eigenvalue weighted by atomic mass is 14.7. The maximum Gasteiger partial charge on any atom is 0.0970 e. The normalized spacial score (nSPS) is 11.8. The number of hydrogen-bond acceptors (Lipinski definition) is 3. The van der Waals surface area contributed by atoms with Crippen LogP contribution < -0.4 is 0 Å². The van der Waals surface area contributed by atoms with Gasteiger partial charge in [0.15, 0.2) is 0 Å². The molecule has 52 heavy (non-hydrogen) atoms. The second-order valence-electron chi connectivity index (χ2n) is 13.6. The first-order chi connectivity index (χ1) is 25.8. The van der Waals surface area contributed by atoms with E-state index in [4.69, 9.17) is 9.97 Å². The molecule has 0 fully saturated rings. The van der Waals surface area contributed by atoms with E-state index in [2.05, 4.69) is 163 Å². The minimum absolute atomic E-state index is 0.933. The first kappa shape index (κ1) is 28.8. The number of benzene rings is 8. The maximum absolute atomic E-state index is 5.33. The number of para-hydroxylation sites is 1. The van der Waals surface area contributed by atoms with Crippen LogP contribution in [0.3, 0.4) is 0 Å². The molecule has 0 bridgehead atoms. The van der Waals surface area contributed by atoms with Crippen molar-refractivity contribution in [3.05, 3.63) is 176 Å². The minimum Gasteiger partial charge on any atom is -0.254 e. The van der Waals surface area contributed by atoms with Crippen molar-refractivity contribution in [1.82, 2.24) is 15.0 Å². The quantitative estimate of drug-likeness (QED) is 0.177. The van der Waals surface area contributed by atoms with Crippen LogP contribution in [0.1, 0.15) is 0 Å². The molecule has 0 amide bonds. The van der Waals surface area contributed by atoms with Crippen LogP contribution >= 0.6 is 0 Å². The van der Waals surface area contributed by atoms with Gasteiger partial charge in [0.1, 0.15) is 0 Å². The fraction of sp³-hybridized carbons (Fsp3) is 0. The smallest absolute Gasteiger partial charge is 0.0970 e. The molecule has 3 heteroatoms. The fourth-order valence-corrected chi connectivity index (χ4v) is 8.25. The summed E-state index contributed by atoms with van der Waals surface area (Å²) < 4.78 is 0. The average Bonchev–Trinajstić information content (AvgIpc) is 3.22. The standard InChI is InChI=1S/C49H29N3/c1-3-11-40-38(9-1)39-10-2-4-12-41(39)46-45(40)43-13-5-6-14-44(43)52-47(46)32-17-15-30(16-18-32)33-19-20-35-29-36(22-21-34(35)28-33)37-25-27-51-49-42(37)24-23-31-8-7-26-50-48(31)49/h1-29H.